The normalized spacial score (nSPS) is 12.3. The van der Waals surface area contributed by atoms with Crippen LogP contribution in [0.25, 0.3) is 0 Å². The van der Waals surface area contributed by atoms with Crippen molar-refractivity contribution >= 4 is 11.9 Å². The molecule has 0 aliphatic heterocycles. The first kappa shape index (κ1) is 13.8. The lowest BCUT2D eigenvalue weighted by Gasteiger charge is -2.12. The van der Waals surface area contributed by atoms with Gasteiger partial charge in [-0.25, -0.2) is 0 Å². The summed E-state index contributed by atoms with van der Waals surface area (Å²) in [6.45, 7) is 2.25. The van der Waals surface area contributed by atoms with Gasteiger partial charge in [-0.2, -0.15) is 0 Å². The Labute approximate surface area is 88.2 Å². The van der Waals surface area contributed by atoms with Crippen molar-refractivity contribution in [3.8, 4) is 0 Å². The molecule has 0 bridgehead atoms. The molecule has 0 saturated carbocycles. The predicted molar refractivity (Wildman–Crippen MR) is 55.2 cm³/mol. The number of rotatable bonds is 9. The Morgan fingerprint density at radius 2 is 1.93 bits per heavy atom. The average molecular weight is 218 g/mol. The van der Waals surface area contributed by atoms with Crippen LogP contribution in [0.2, 0.25) is 0 Å². The van der Waals surface area contributed by atoms with Crippen molar-refractivity contribution in [2.75, 3.05) is 26.2 Å². The molecule has 0 saturated heterocycles. The molecule has 0 aromatic carbocycles. The number of carbonyl (C=O) groups is 2. The van der Waals surface area contributed by atoms with Crippen LogP contribution in [0.15, 0.2) is 0 Å². The van der Waals surface area contributed by atoms with E-state index in [2.05, 4.69) is 10.6 Å². The second kappa shape index (κ2) is 8.16. The molecule has 15 heavy (non-hydrogen) atoms. The van der Waals surface area contributed by atoms with E-state index in [9.17, 15) is 9.59 Å². The van der Waals surface area contributed by atoms with Gasteiger partial charge in [0.2, 0.25) is 5.91 Å². The van der Waals surface area contributed by atoms with E-state index in [1.54, 1.807) is 0 Å². The Morgan fingerprint density at radius 1 is 1.27 bits per heavy atom. The topological polar surface area (TPSA) is 130 Å². The molecule has 0 fully saturated rings. The number of aliphatic carboxylic acids is 1. The Morgan fingerprint density at radius 3 is 2.40 bits per heavy atom. The first-order chi connectivity index (χ1) is 7.07. The van der Waals surface area contributed by atoms with Crippen LogP contribution in [0.4, 0.5) is 0 Å². The van der Waals surface area contributed by atoms with Crippen molar-refractivity contribution in [2.45, 2.75) is 12.5 Å². The number of hydrogen-bond donors (Lipinski definition) is 5. The maximum atomic E-state index is 10.6. The second-order valence-corrected chi connectivity index (χ2v) is 3.05. The number of amides is 1. The molecule has 0 heterocycles. The molecule has 0 radical (unpaired) electrons. The largest absolute Gasteiger partial charge is 0.480 e. The van der Waals surface area contributed by atoms with Crippen molar-refractivity contribution in [1.82, 2.24) is 10.6 Å². The van der Waals surface area contributed by atoms with Crippen LogP contribution in [0.3, 0.4) is 0 Å². The van der Waals surface area contributed by atoms with Crippen molar-refractivity contribution in [3.05, 3.63) is 0 Å². The van der Waals surface area contributed by atoms with Crippen molar-refractivity contribution < 1.29 is 14.7 Å². The Hall–Kier alpha value is -1.18. The summed E-state index contributed by atoms with van der Waals surface area (Å²) in [6, 6.07) is -0.915. The first-order valence-corrected chi connectivity index (χ1v) is 4.73. The van der Waals surface area contributed by atoms with E-state index < -0.39 is 17.9 Å². The summed E-state index contributed by atoms with van der Waals surface area (Å²) in [4.78, 5) is 21.2. The fraction of sp³-hybridized carbons (Fsp3) is 0.750. The molecule has 0 aliphatic rings. The minimum atomic E-state index is -1.08. The third-order valence-electron chi connectivity index (χ3n) is 1.72. The lowest BCUT2D eigenvalue weighted by molar-refractivity contribution is -0.141. The van der Waals surface area contributed by atoms with E-state index in [1.807, 2.05) is 0 Å². The van der Waals surface area contributed by atoms with Gasteiger partial charge in [0.1, 0.15) is 6.04 Å². The molecule has 0 aromatic rings. The van der Waals surface area contributed by atoms with Gasteiger partial charge in [-0.15, -0.1) is 0 Å². The molecule has 0 aliphatic carbocycles. The molecule has 88 valence electrons. The number of carbonyl (C=O) groups excluding carboxylic acids is 1. The van der Waals surface area contributed by atoms with E-state index in [0.717, 1.165) is 0 Å². The molecule has 1 unspecified atom stereocenters. The van der Waals surface area contributed by atoms with Gasteiger partial charge in [-0.05, 0) is 0 Å². The third kappa shape index (κ3) is 7.86. The summed E-state index contributed by atoms with van der Waals surface area (Å²) in [5.74, 6) is -1.71. The van der Waals surface area contributed by atoms with Gasteiger partial charge < -0.3 is 27.2 Å². The zero-order chi connectivity index (χ0) is 11.7. The summed E-state index contributed by atoms with van der Waals surface area (Å²) < 4.78 is 0. The highest BCUT2D eigenvalue weighted by Gasteiger charge is 2.18. The van der Waals surface area contributed by atoms with Crippen molar-refractivity contribution in [2.24, 2.45) is 11.5 Å². The van der Waals surface area contributed by atoms with Gasteiger partial charge in [0.15, 0.2) is 0 Å². The monoisotopic (exact) mass is 218 g/mol. The van der Waals surface area contributed by atoms with Gasteiger partial charge in [0.25, 0.3) is 0 Å². The fourth-order valence-electron chi connectivity index (χ4n) is 1.01. The van der Waals surface area contributed by atoms with Crippen molar-refractivity contribution in [3.63, 3.8) is 0 Å². The zero-order valence-corrected chi connectivity index (χ0v) is 8.53. The molecule has 1 amide bonds. The average Bonchev–Trinajstić information content (AvgIpc) is 2.15. The van der Waals surface area contributed by atoms with E-state index in [4.69, 9.17) is 16.6 Å². The second-order valence-electron chi connectivity index (χ2n) is 3.05. The minimum Gasteiger partial charge on any atom is -0.480 e. The molecule has 1 atom stereocenters. The Bertz CT molecular complexity index is 210. The van der Waals surface area contributed by atoms with E-state index in [0.29, 0.717) is 26.2 Å². The maximum absolute atomic E-state index is 10.6. The van der Waals surface area contributed by atoms with Gasteiger partial charge in [0.05, 0.1) is 6.42 Å². The lowest BCUT2D eigenvalue weighted by Crippen LogP contribution is -2.43. The SMILES string of the molecule is NCCNCCNC(CC(N)=O)C(=O)O. The summed E-state index contributed by atoms with van der Waals surface area (Å²) in [6.07, 6.45) is -0.202. The zero-order valence-electron chi connectivity index (χ0n) is 8.53. The van der Waals surface area contributed by atoms with Crippen LogP contribution in [0.5, 0.6) is 0 Å². The van der Waals surface area contributed by atoms with Crippen LogP contribution in [-0.2, 0) is 9.59 Å². The van der Waals surface area contributed by atoms with Gasteiger partial charge >= 0.3 is 5.97 Å². The predicted octanol–water partition coefficient (Wildman–Crippen LogP) is -2.55. The molecular weight excluding hydrogens is 200 g/mol. The van der Waals surface area contributed by atoms with E-state index >= 15 is 0 Å². The molecule has 0 aromatic heterocycles. The molecule has 0 spiro atoms. The number of primary amides is 1. The van der Waals surface area contributed by atoms with Crippen LogP contribution < -0.4 is 22.1 Å². The summed E-state index contributed by atoms with van der Waals surface area (Å²) in [5, 5.41) is 14.4. The number of nitrogens with two attached hydrogens (primary N) is 2. The van der Waals surface area contributed by atoms with Gasteiger partial charge in [-0.3, -0.25) is 9.59 Å². The minimum absolute atomic E-state index is 0.202. The highest BCUT2D eigenvalue weighted by Crippen LogP contribution is 1.90. The van der Waals surface area contributed by atoms with Gasteiger partial charge in [0, 0.05) is 26.2 Å². The fourth-order valence-corrected chi connectivity index (χ4v) is 1.01. The smallest absolute Gasteiger partial charge is 0.321 e. The maximum Gasteiger partial charge on any atom is 0.321 e. The molecule has 7 N–H and O–H groups in total. The van der Waals surface area contributed by atoms with Crippen LogP contribution >= 0.6 is 0 Å². The Balaban J connectivity index is 3.67. The third-order valence-corrected chi connectivity index (χ3v) is 1.72. The number of nitrogens with one attached hydrogen (secondary N) is 2. The van der Waals surface area contributed by atoms with Crippen LogP contribution in [-0.4, -0.2) is 49.2 Å². The first-order valence-electron chi connectivity index (χ1n) is 4.73. The van der Waals surface area contributed by atoms with Crippen LogP contribution in [0.1, 0.15) is 6.42 Å². The molecule has 7 heteroatoms. The molecular formula is C8H18N4O3. The number of hydrogen-bond acceptors (Lipinski definition) is 5. The van der Waals surface area contributed by atoms with Gasteiger partial charge in [-0.1, -0.05) is 0 Å². The Kier molecular flexibility index (Phi) is 7.51. The van der Waals surface area contributed by atoms with E-state index in [-0.39, 0.29) is 6.42 Å². The number of carboxylic acids is 1. The standard InChI is InChI=1S/C8H18N4O3/c9-1-2-11-3-4-12-6(8(14)15)5-7(10)13/h6,11-12H,1-5,9H2,(H2,10,13)(H,14,15). The highest BCUT2D eigenvalue weighted by atomic mass is 16.4. The number of carboxylic acid groups (broad SMARTS) is 1. The summed E-state index contributed by atoms with van der Waals surface area (Å²) >= 11 is 0. The lowest BCUT2D eigenvalue weighted by atomic mass is 10.2. The molecule has 0 rings (SSSR count). The van der Waals surface area contributed by atoms with Crippen LogP contribution in [0, 0.1) is 0 Å². The quantitative estimate of drug-likeness (QED) is 0.271. The summed E-state index contributed by atoms with van der Waals surface area (Å²) in [7, 11) is 0. The van der Waals surface area contributed by atoms with E-state index in [1.165, 1.54) is 0 Å². The molecule has 7 nitrogen and oxygen atoms in total. The summed E-state index contributed by atoms with van der Waals surface area (Å²) in [5.41, 5.74) is 10.2. The highest BCUT2D eigenvalue weighted by molar-refractivity contribution is 5.83. The van der Waals surface area contributed by atoms with Crippen molar-refractivity contribution in [1.29, 1.82) is 0 Å².